The Morgan fingerprint density at radius 1 is 1.07 bits per heavy atom. The number of alkyl halides is 3. The van der Waals surface area contributed by atoms with E-state index in [-0.39, 0.29) is 5.91 Å². The Bertz CT molecular complexity index is 1600. The first-order valence-corrected chi connectivity index (χ1v) is 13.4. The van der Waals surface area contributed by atoms with E-state index in [2.05, 4.69) is 43.0 Å². The number of aromatic nitrogens is 3. The van der Waals surface area contributed by atoms with Crippen LogP contribution in [0.4, 0.5) is 42.0 Å². The van der Waals surface area contributed by atoms with Gasteiger partial charge < -0.3 is 21.1 Å². The van der Waals surface area contributed by atoms with Gasteiger partial charge >= 0.3 is 12.1 Å². The van der Waals surface area contributed by atoms with Gasteiger partial charge in [-0.15, -0.1) is 11.3 Å². The van der Waals surface area contributed by atoms with Gasteiger partial charge in [-0.05, 0) is 68.1 Å². The van der Waals surface area contributed by atoms with Crippen LogP contribution in [-0.2, 0) is 28.9 Å². The number of nitrogens with zero attached hydrogens (tertiary/aromatic N) is 3. The second-order valence-electron chi connectivity index (χ2n) is 8.98. The van der Waals surface area contributed by atoms with E-state index < -0.39 is 12.1 Å². The molecule has 0 fully saturated rings. The average molecular weight is 605 g/mol. The topological polar surface area (TPSA) is 129 Å². The largest absolute Gasteiger partial charge is 0.490 e. The quantitative estimate of drug-likeness (QED) is 0.206. The average Bonchev–Trinajstić information content (AvgIpc) is 3.21. The zero-order valence-electron chi connectivity index (χ0n) is 21.8. The summed E-state index contributed by atoms with van der Waals surface area (Å²) in [6, 6.07) is 14.0. The highest BCUT2D eigenvalue weighted by Crippen LogP contribution is 2.30. The highest BCUT2D eigenvalue weighted by Gasteiger charge is 2.38. The molecule has 0 unspecified atom stereocenters. The van der Waals surface area contributed by atoms with Crippen LogP contribution in [0.2, 0.25) is 5.02 Å². The zero-order valence-corrected chi connectivity index (χ0v) is 23.3. The molecule has 0 spiro atoms. The lowest BCUT2D eigenvalue weighted by Crippen LogP contribution is -2.21. The first kappa shape index (κ1) is 29.7. The fourth-order valence-electron chi connectivity index (χ4n) is 3.94. The van der Waals surface area contributed by atoms with Gasteiger partial charge in [-0.3, -0.25) is 4.79 Å². The third kappa shape index (κ3) is 8.14. The molecule has 0 saturated heterocycles. The van der Waals surface area contributed by atoms with E-state index >= 15 is 0 Å². The van der Waals surface area contributed by atoms with E-state index in [1.54, 1.807) is 17.5 Å². The molecule has 1 amide bonds. The number of fused-ring (bicyclic) bond motifs is 6. The number of benzene rings is 2. The van der Waals surface area contributed by atoms with Crippen molar-refractivity contribution in [1.82, 2.24) is 15.0 Å². The highest BCUT2D eigenvalue weighted by atomic mass is 35.5. The van der Waals surface area contributed by atoms with E-state index in [1.807, 2.05) is 44.2 Å². The molecule has 2 aromatic heterocycles. The summed E-state index contributed by atoms with van der Waals surface area (Å²) >= 11 is 7.91. The third-order valence-electron chi connectivity index (χ3n) is 5.82. The number of aliphatic carboxylic acids is 1. The van der Waals surface area contributed by atoms with Gasteiger partial charge in [0.05, 0.1) is 23.3 Å². The molecule has 0 aliphatic carbocycles. The molecular formula is C27H24ClF3N6O3S. The first-order valence-electron chi connectivity index (χ1n) is 12.2. The van der Waals surface area contributed by atoms with E-state index in [9.17, 15) is 18.0 Å². The predicted molar refractivity (Wildman–Crippen MR) is 152 cm³/mol. The van der Waals surface area contributed by atoms with Gasteiger partial charge in [-0.25, -0.2) is 14.8 Å². The standard InChI is InChI=1S/C25H23ClN6OS.C2HF3O2/c1-14-22(34-15(2)28-14)12-23(33)31-21-9-8-19-11-17(21)7-6-16-4-3-5-18(10-16)30-25-27-13-20(26)24(29-19)32-25;3-2(4,5)1(6)7/h3-5,8-11,13H,6-7,12H2,1-2H3,(H,31,33)(H2,27,29,30,32);(H,6,7). The number of nitrogens with one attached hydrogen (secondary N) is 3. The van der Waals surface area contributed by atoms with Crippen molar-refractivity contribution < 1.29 is 27.9 Å². The number of carboxylic acids is 1. The smallest absolute Gasteiger partial charge is 0.475 e. The van der Waals surface area contributed by atoms with Crippen molar-refractivity contribution in [2.75, 3.05) is 16.0 Å². The fraction of sp³-hybridized carbons (Fsp3) is 0.222. The summed E-state index contributed by atoms with van der Waals surface area (Å²) in [6.07, 6.45) is -1.64. The van der Waals surface area contributed by atoms with Gasteiger partial charge in [-0.2, -0.15) is 18.2 Å². The van der Waals surface area contributed by atoms with Gasteiger partial charge in [0.15, 0.2) is 5.82 Å². The lowest BCUT2D eigenvalue weighted by atomic mass is 10.0. The SMILES string of the molecule is Cc1nc(C)c(CC(=O)Nc2ccc3cc2CCc2cccc(c2)Nc2ncc(Cl)c(n2)N3)s1.O=C(O)C(F)(F)F. The molecule has 1 aliphatic heterocycles. The second-order valence-corrected chi connectivity index (χ2v) is 10.7. The van der Waals surface area contributed by atoms with Crippen LogP contribution < -0.4 is 16.0 Å². The van der Waals surface area contributed by atoms with Crippen molar-refractivity contribution in [3.63, 3.8) is 0 Å². The Kier molecular flexibility index (Phi) is 9.08. The van der Waals surface area contributed by atoms with Crippen LogP contribution in [0.5, 0.6) is 0 Å². The Morgan fingerprint density at radius 2 is 1.80 bits per heavy atom. The summed E-state index contributed by atoms with van der Waals surface area (Å²) in [5.74, 6) is -1.84. The van der Waals surface area contributed by atoms with Gasteiger partial charge in [0, 0.05) is 21.9 Å². The van der Waals surface area contributed by atoms with Crippen molar-refractivity contribution >= 4 is 63.6 Å². The van der Waals surface area contributed by atoms with Crippen LogP contribution in [0.25, 0.3) is 0 Å². The van der Waals surface area contributed by atoms with Crippen molar-refractivity contribution in [1.29, 1.82) is 0 Å². The summed E-state index contributed by atoms with van der Waals surface area (Å²) < 4.78 is 31.7. The van der Waals surface area contributed by atoms with Gasteiger partial charge in [0.1, 0.15) is 5.02 Å². The number of thiazole rings is 1. The number of hydrogen-bond acceptors (Lipinski definition) is 8. The van der Waals surface area contributed by atoms with E-state index in [1.165, 1.54) is 5.56 Å². The number of carboxylic acid groups (broad SMARTS) is 1. The number of anilines is 5. The molecule has 4 aromatic rings. The number of halogens is 4. The van der Waals surface area contributed by atoms with Crippen molar-refractivity contribution in [2.24, 2.45) is 0 Å². The van der Waals surface area contributed by atoms with Gasteiger partial charge in [0.2, 0.25) is 11.9 Å². The molecule has 5 rings (SSSR count). The van der Waals surface area contributed by atoms with Crippen LogP contribution in [-0.4, -0.2) is 38.1 Å². The Labute approximate surface area is 241 Å². The van der Waals surface area contributed by atoms with E-state index in [0.717, 1.165) is 51.0 Å². The van der Waals surface area contributed by atoms with Crippen LogP contribution in [0, 0.1) is 13.8 Å². The summed E-state index contributed by atoms with van der Waals surface area (Å²) in [5.41, 5.74) is 5.65. The van der Waals surface area contributed by atoms with Crippen molar-refractivity contribution in [2.45, 2.75) is 39.3 Å². The molecule has 214 valence electrons. The maximum absolute atomic E-state index is 12.9. The van der Waals surface area contributed by atoms with E-state index in [4.69, 9.17) is 21.5 Å². The van der Waals surface area contributed by atoms with Crippen LogP contribution in [0.1, 0.15) is 26.7 Å². The minimum absolute atomic E-state index is 0.0543. The summed E-state index contributed by atoms with van der Waals surface area (Å²) in [5, 5.41) is 18.1. The maximum Gasteiger partial charge on any atom is 0.490 e. The molecule has 6 bridgehead atoms. The minimum Gasteiger partial charge on any atom is -0.475 e. The maximum atomic E-state index is 12.9. The monoisotopic (exact) mass is 604 g/mol. The number of carbonyl (C=O) groups is 2. The minimum atomic E-state index is -5.08. The molecule has 1 aliphatic rings. The third-order valence-corrected chi connectivity index (χ3v) is 7.16. The Balaban J connectivity index is 0.000000493. The Hall–Kier alpha value is -4.23. The number of rotatable bonds is 3. The molecular weight excluding hydrogens is 581 g/mol. The fourth-order valence-corrected chi connectivity index (χ4v) is 5.02. The summed E-state index contributed by atoms with van der Waals surface area (Å²) in [7, 11) is 0. The molecule has 41 heavy (non-hydrogen) atoms. The molecule has 0 radical (unpaired) electrons. The van der Waals surface area contributed by atoms with Crippen LogP contribution in [0.15, 0.2) is 48.7 Å². The zero-order chi connectivity index (χ0) is 29.7. The highest BCUT2D eigenvalue weighted by molar-refractivity contribution is 7.11. The number of aryl methyl sites for hydroxylation is 4. The van der Waals surface area contributed by atoms with Gasteiger partial charge in [0.25, 0.3) is 0 Å². The first-order chi connectivity index (χ1) is 19.4. The molecule has 14 heteroatoms. The van der Waals surface area contributed by atoms with Crippen molar-refractivity contribution in [3.05, 3.63) is 80.4 Å². The van der Waals surface area contributed by atoms with Gasteiger partial charge in [-0.1, -0.05) is 23.7 Å². The predicted octanol–water partition coefficient (Wildman–Crippen LogP) is 6.60. The van der Waals surface area contributed by atoms with E-state index in [0.29, 0.717) is 23.2 Å². The number of amides is 1. The second kappa shape index (κ2) is 12.5. The molecule has 4 N–H and O–H groups in total. The van der Waals surface area contributed by atoms with Crippen molar-refractivity contribution in [3.8, 4) is 0 Å². The number of hydrogen-bond donors (Lipinski definition) is 4. The number of carbonyl (C=O) groups excluding carboxylic acids is 1. The lowest BCUT2D eigenvalue weighted by molar-refractivity contribution is -0.192. The molecule has 0 atom stereocenters. The van der Waals surface area contributed by atoms with Crippen LogP contribution >= 0.6 is 22.9 Å². The molecule has 0 saturated carbocycles. The lowest BCUT2D eigenvalue weighted by Gasteiger charge is -2.14. The Morgan fingerprint density at radius 3 is 2.49 bits per heavy atom. The molecule has 3 heterocycles. The normalized spacial score (nSPS) is 12.2. The molecule has 9 nitrogen and oxygen atoms in total. The summed E-state index contributed by atoms with van der Waals surface area (Å²) in [4.78, 5) is 36.0. The molecule has 2 aromatic carbocycles. The summed E-state index contributed by atoms with van der Waals surface area (Å²) in [6.45, 7) is 3.90. The van der Waals surface area contributed by atoms with Crippen LogP contribution in [0.3, 0.4) is 0 Å².